The average Bonchev–Trinajstić information content (AvgIpc) is 3.59. The highest BCUT2D eigenvalue weighted by molar-refractivity contribution is 6.15. The number of carbonyl (C=O) groups excluding carboxylic acids is 1. The van der Waals surface area contributed by atoms with E-state index in [0.29, 0.717) is 60.7 Å². The maximum absolute atomic E-state index is 16.0. The van der Waals surface area contributed by atoms with E-state index in [4.69, 9.17) is 9.47 Å². The molecule has 5 heterocycles. The summed E-state index contributed by atoms with van der Waals surface area (Å²) in [5, 5.41) is 5.01. The Bertz CT molecular complexity index is 1600. The molecule has 2 aliphatic rings. The minimum atomic E-state index is -0.920. The number of ether oxygens (including phenoxy) is 2. The first-order valence-corrected chi connectivity index (χ1v) is 13.8. The van der Waals surface area contributed by atoms with Gasteiger partial charge in [0.1, 0.15) is 11.3 Å². The van der Waals surface area contributed by atoms with Crippen molar-refractivity contribution in [3.05, 3.63) is 59.2 Å². The number of aryl methyl sites for hydroxylation is 2. The third kappa shape index (κ3) is 4.91. The van der Waals surface area contributed by atoms with Crippen LogP contribution < -0.4 is 14.5 Å². The summed E-state index contributed by atoms with van der Waals surface area (Å²) in [7, 11) is 3.08. The zero-order chi connectivity index (χ0) is 28.7. The number of hydrogen-bond donors (Lipinski definition) is 1. The Kier molecular flexibility index (Phi) is 7.35. The first kappa shape index (κ1) is 27.2. The van der Waals surface area contributed by atoms with Gasteiger partial charge >= 0.3 is 6.03 Å². The van der Waals surface area contributed by atoms with Gasteiger partial charge in [0.15, 0.2) is 17.4 Å². The Hall–Kier alpha value is -4.03. The molecular weight excluding hydrogens is 532 g/mol. The average molecular weight is 566 g/mol. The molecule has 3 aromatic heterocycles. The number of methoxy groups -OCH3 is 1. The number of benzene rings is 1. The molecule has 1 N–H and O–H groups in total. The van der Waals surface area contributed by atoms with Crippen molar-refractivity contribution < 1.29 is 23.0 Å². The van der Waals surface area contributed by atoms with Gasteiger partial charge in [0, 0.05) is 55.7 Å². The summed E-state index contributed by atoms with van der Waals surface area (Å²) in [5.41, 5.74) is 3.19. The number of unbranched alkanes of at least 4 members (excludes halogenated alkanes) is 1. The molecule has 216 valence electrons. The fourth-order valence-electron chi connectivity index (χ4n) is 5.60. The molecular formula is C29H33F2N7O3. The Balaban J connectivity index is 1.48. The molecule has 0 aliphatic carbocycles. The number of urea groups is 1. The number of pyridine rings is 1. The van der Waals surface area contributed by atoms with E-state index in [1.165, 1.54) is 18.1 Å². The van der Waals surface area contributed by atoms with Crippen molar-refractivity contribution >= 4 is 34.1 Å². The molecule has 0 unspecified atom stereocenters. The number of rotatable bonds is 8. The molecule has 1 fully saturated rings. The number of morpholine rings is 1. The standard InChI is InChI=1S/C29H33F2N7O3/c1-4-5-6-18-11-23(40-3)25(31)27(24(18)30)37-15-19-13-32-28-22(12-20(34-28)16-36-7-9-41-10-8-36)26(19)38(29(37)39)21-14-33-35(2)17-21/h11-14,17H,4-10,15-16H2,1-3H3,(H,32,34). The van der Waals surface area contributed by atoms with Gasteiger partial charge < -0.3 is 14.5 Å². The van der Waals surface area contributed by atoms with Crippen LogP contribution in [0.15, 0.2) is 30.7 Å². The molecule has 41 heavy (non-hydrogen) atoms. The van der Waals surface area contributed by atoms with E-state index in [1.54, 1.807) is 30.3 Å². The van der Waals surface area contributed by atoms with Crippen molar-refractivity contribution in [1.29, 1.82) is 0 Å². The van der Waals surface area contributed by atoms with Crippen molar-refractivity contribution in [2.24, 2.45) is 7.05 Å². The van der Waals surface area contributed by atoms with Crippen LogP contribution >= 0.6 is 0 Å². The van der Waals surface area contributed by atoms with Crippen LogP contribution in [0.25, 0.3) is 11.0 Å². The van der Waals surface area contributed by atoms with Gasteiger partial charge in [-0.2, -0.15) is 5.10 Å². The molecule has 0 radical (unpaired) electrons. The van der Waals surface area contributed by atoms with Crippen LogP contribution in [0.5, 0.6) is 5.75 Å². The van der Waals surface area contributed by atoms with Crippen LogP contribution in [0.2, 0.25) is 0 Å². The van der Waals surface area contributed by atoms with Crippen LogP contribution in [-0.2, 0) is 31.3 Å². The van der Waals surface area contributed by atoms with E-state index < -0.39 is 23.4 Å². The Labute approximate surface area is 236 Å². The van der Waals surface area contributed by atoms with E-state index in [0.717, 1.165) is 35.5 Å². The van der Waals surface area contributed by atoms with Crippen molar-refractivity contribution in [3.63, 3.8) is 0 Å². The predicted molar refractivity (Wildman–Crippen MR) is 151 cm³/mol. The Morgan fingerprint density at radius 3 is 2.63 bits per heavy atom. The first-order valence-electron chi connectivity index (χ1n) is 13.8. The number of hydrogen-bond acceptors (Lipinski definition) is 6. The van der Waals surface area contributed by atoms with Gasteiger partial charge in [0.05, 0.1) is 44.4 Å². The van der Waals surface area contributed by atoms with E-state index in [1.807, 2.05) is 13.0 Å². The molecule has 0 atom stereocenters. The lowest BCUT2D eigenvalue weighted by molar-refractivity contribution is 0.0337. The van der Waals surface area contributed by atoms with Gasteiger partial charge in [-0.1, -0.05) is 13.3 Å². The number of halogens is 2. The van der Waals surface area contributed by atoms with Crippen LogP contribution in [0.1, 0.15) is 36.6 Å². The summed E-state index contributed by atoms with van der Waals surface area (Å²) >= 11 is 0. The SMILES string of the molecule is CCCCc1cc(OC)c(F)c(N2Cc3cnc4[nH]c(CN5CCOCC5)cc4c3N(c3cnn(C)c3)C2=O)c1F. The quantitative estimate of drug-likeness (QED) is 0.322. The second kappa shape index (κ2) is 11.1. The maximum Gasteiger partial charge on any atom is 0.334 e. The lowest BCUT2D eigenvalue weighted by Crippen LogP contribution is -2.46. The third-order valence-electron chi connectivity index (χ3n) is 7.69. The number of carbonyl (C=O) groups is 1. The summed E-state index contributed by atoms with van der Waals surface area (Å²) in [6.45, 7) is 5.64. The number of fused-ring (bicyclic) bond motifs is 3. The summed E-state index contributed by atoms with van der Waals surface area (Å²) < 4.78 is 44.0. The van der Waals surface area contributed by atoms with Gasteiger partial charge in [0.2, 0.25) is 0 Å². The van der Waals surface area contributed by atoms with Crippen molar-refractivity contribution in [2.75, 3.05) is 43.2 Å². The largest absolute Gasteiger partial charge is 0.494 e. The zero-order valence-electron chi connectivity index (χ0n) is 23.4. The highest BCUT2D eigenvalue weighted by Crippen LogP contribution is 2.43. The molecule has 0 bridgehead atoms. The molecule has 4 aromatic rings. The van der Waals surface area contributed by atoms with Crippen LogP contribution in [-0.4, -0.2) is 64.1 Å². The number of anilines is 3. The summed E-state index contributed by atoms with van der Waals surface area (Å²) in [4.78, 5) is 27.2. The van der Waals surface area contributed by atoms with Crippen molar-refractivity contribution in [3.8, 4) is 5.75 Å². The molecule has 1 saturated heterocycles. The van der Waals surface area contributed by atoms with Gasteiger partial charge in [-0.15, -0.1) is 0 Å². The zero-order valence-corrected chi connectivity index (χ0v) is 23.4. The molecule has 10 nitrogen and oxygen atoms in total. The molecule has 1 aromatic carbocycles. The smallest absolute Gasteiger partial charge is 0.334 e. The Morgan fingerprint density at radius 1 is 1.12 bits per heavy atom. The topological polar surface area (TPSA) is 91.8 Å². The van der Waals surface area contributed by atoms with E-state index >= 15 is 8.78 Å². The lowest BCUT2D eigenvalue weighted by Gasteiger charge is -2.37. The van der Waals surface area contributed by atoms with E-state index in [2.05, 4.69) is 20.0 Å². The van der Waals surface area contributed by atoms with Crippen LogP contribution in [0.4, 0.5) is 30.6 Å². The van der Waals surface area contributed by atoms with Gasteiger partial charge in [-0.25, -0.2) is 18.6 Å². The molecule has 0 saturated carbocycles. The number of nitrogens with one attached hydrogen (secondary N) is 1. The number of aromatic amines is 1. The number of nitrogens with zero attached hydrogens (tertiary/aromatic N) is 6. The highest BCUT2D eigenvalue weighted by Gasteiger charge is 2.39. The fourth-order valence-corrected chi connectivity index (χ4v) is 5.60. The maximum atomic E-state index is 16.0. The monoisotopic (exact) mass is 565 g/mol. The first-order chi connectivity index (χ1) is 19.9. The minimum absolute atomic E-state index is 0.0634. The van der Waals surface area contributed by atoms with Crippen LogP contribution in [0, 0.1) is 11.6 Å². The molecule has 0 spiro atoms. The minimum Gasteiger partial charge on any atom is -0.494 e. The number of amides is 2. The van der Waals surface area contributed by atoms with E-state index in [9.17, 15) is 4.79 Å². The lowest BCUT2D eigenvalue weighted by atomic mass is 10.0. The van der Waals surface area contributed by atoms with Crippen molar-refractivity contribution in [1.82, 2.24) is 24.6 Å². The van der Waals surface area contributed by atoms with Crippen molar-refractivity contribution in [2.45, 2.75) is 39.3 Å². The summed E-state index contributed by atoms with van der Waals surface area (Å²) in [6.07, 6.45) is 6.86. The second-order valence-corrected chi connectivity index (χ2v) is 10.5. The molecule has 6 rings (SSSR count). The highest BCUT2D eigenvalue weighted by atomic mass is 19.1. The van der Waals surface area contributed by atoms with Gasteiger partial charge in [0.25, 0.3) is 0 Å². The number of aromatic nitrogens is 4. The predicted octanol–water partition coefficient (Wildman–Crippen LogP) is 5.04. The second-order valence-electron chi connectivity index (χ2n) is 10.5. The van der Waals surface area contributed by atoms with Gasteiger partial charge in [-0.3, -0.25) is 19.4 Å². The Morgan fingerprint density at radius 2 is 1.93 bits per heavy atom. The fraction of sp³-hybridized carbons (Fsp3) is 0.414. The molecule has 12 heteroatoms. The molecule has 2 aliphatic heterocycles. The van der Waals surface area contributed by atoms with Crippen LogP contribution in [0.3, 0.4) is 0 Å². The number of H-pyrrole nitrogens is 1. The normalized spacial score (nSPS) is 16.1. The van der Waals surface area contributed by atoms with E-state index in [-0.39, 0.29) is 12.3 Å². The summed E-state index contributed by atoms with van der Waals surface area (Å²) in [5.74, 6) is -1.79. The van der Waals surface area contributed by atoms with Gasteiger partial charge in [-0.05, 0) is 30.5 Å². The third-order valence-corrected chi connectivity index (χ3v) is 7.69. The molecule has 2 amide bonds. The summed E-state index contributed by atoms with van der Waals surface area (Å²) in [6, 6.07) is 2.78.